The molecule has 0 aromatic heterocycles. The number of rotatable bonds is 19. The average molecular weight is 707 g/mol. The Morgan fingerprint density at radius 2 is 1.49 bits per heavy atom. The number of hydrogen-bond acceptors (Lipinski definition) is 9. The van der Waals surface area contributed by atoms with Crippen LogP contribution in [0.4, 0.5) is 21.9 Å². The normalized spacial score (nSPS) is 12.6. The maximum Gasteiger partial charge on any atom is 0.470 e. The van der Waals surface area contributed by atoms with Crippen LogP contribution in [0.2, 0.25) is 0 Å². The van der Waals surface area contributed by atoms with Crippen LogP contribution in [0.3, 0.4) is 0 Å². The number of aryl methyl sites for hydroxylation is 1. The Labute approximate surface area is 288 Å². The lowest BCUT2D eigenvalue weighted by atomic mass is 9.92. The van der Waals surface area contributed by atoms with Crippen molar-refractivity contribution >= 4 is 48.8 Å². The second-order valence-electron chi connectivity index (χ2n) is 12.7. The molecule has 2 rings (SSSR count). The number of esters is 2. The van der Waals surface area contributed by atoms with Gasteiger partial charge in [0.25, 0.3) is 0 Å². The maximum atomic E-state index is 13.2. The molecule has 0 radical (unpaired) electrons. The number of nitrogens with zero attached hydrogens (tertiary/aromatic N) is 1. The van der Waals surface area contributed by atoms with Gasteiger partial charge in [-0.25, -0.2) is 9.36 Å². The molecule has 0 aliphatic carbocycles. The third-order valence-electron chi connectivity index (χ3n) is 7.20. The lowest BCUT2D eigenvalue weighted by molar-refractivity contribution is -0.167. The van der Waals surface area contributed by atoms with E-state index in [0.717, 1.165) is 36.8 Å². The lowest BCUT2D eigenvalue weighted by Gasteiger charge is -2.31. The van der Waals surface area contributed by atoms with Gasteiger partial charge < -0.3 is 40.1 Å². The van der Waals surface area contributed by atoms with Crippen LogP contribution in [0, 0.1) is 18.8 Å². The predicted octanol–water partition coefficient (Wildman–Crippen LogP) is 5.69. The molecule has 15 heteroatoms. The summed E-state index contributed by atoms with van der Waals surface area (Å²) in [5.41, 5.74) is 4.04. The van der Waals surface area contributed by atoms with Gasteiger partial charge in [-0.1, -0.05) is 58.4 Å². The second-order valence-corrected chi connectivity index (χ2v) is 13.8. The molecule has 0 fully saturated rings. The molecule has 0 heterocycles. The molecule has 2 aromatic rings. The van der Waals surface area contributed by atoms with Crippen LogP contribution in [-0.4, -0.2) is 66.2 Å². The minimum atomic E-state index is -4.84. The smallest absolute Gasteiger partial charge is 0.428 e. The second kappa shape index (κ2) is 19.9. The van der Waals surface area contributed by atoms with Crippen molar-refractivity contribution in [1.82, 2.24) is 5.32 Å². The fourth-order valence-corrected chi connectivity index (χ4v) is 5.44. The highest BCUT2D eigenvalue weighted by Crippen LogP contribution is 2.37. The van der Waals surface area contributed by atoms with Crippen molar-refractivity contribution in [2.24, 2.45) is 11.8 Å². The number of hydrogen-bond donors (Lipinski definition) is 5. The highest BCUT2D eigenvalue weighted by Gasteiger charge is 2.24. The van der Waals surface area contributed by atoms with Gasteiger partial charge >= 0.3 is 25.8 Å². The number of phosphoric acid groups is 1. The summed E-state index contributed by atoms with van der Waals surface area (Å²) in [5, 5.41) is 8.21. The quantitative estimate of drug-likeness (QED) is 0.0685. The summed E-state index contributed by atoms with van der Waals surface area (Å²) in [7, 11) is -4.84. The number of ether oxygens (including phenoxy) is 2. The number of urea groups is 1. The van der Waals surface area contributed by atoms with Crippen molar-refractivity contribution in [3.05, 3.63) is 53.6 Å². The van der Waals surface area contributed by atoms with E-state index in [1.165, 1.54) is 0 Å². The molecule has 0 spiro atoms. The molecule has 272 valence electrons. The Kier molecular flexibility index (Phi) is 16.7. The van der Waals surface area contributed by atoms with E-state index < -0.39 is 44.6 Å². The Hall–Kier alpha value is -3.97. The standard InChI is InChI=1S/C34H51N4O10P/c1-8-26(18-32(40)47-21-46-31(39)15-16-35-33(41)25(7)48-49(43,44)45)27-11-14-30(38(19-22(2)3)20-23(4)5)29(17-27)37-34(42)36-28-12-9-24(6)10-13-28/h9-14,17,22-23,25-26H,8,15-16,18-21H2,1-7H3,(H,35,41)(H2,36,37,42)(H2,43,44,45). The van der Waals surface area contributed by atoms with Crippen molar-refractivity contribution in [3.8, 4) is 0 Å². The monoisotopic (exact) mass is 706 g/mol. The van der Waals surface area contributed by atoms with Gasteiger partial charge in [0, 0.05) is 25.3 Å². The summed E-state index contributed by atoms with van der Waals surface area (Å²) in [6.45, 7) is 14.4. The molecule has 0 aliphatic rings. The van der Waals surface area contributed by atoms with Gasteiger partial charge in [0.2, 0.25) is 12.7 Å². The summed E-state index contributed by atoms with van der Waals surface area (Å²) in [5.74, 6) is -1.68. The van der Waals surface area contributed by atoms with Crippen LogP contribution in [0.15, 0.2) is 42.5 Å². The summed E-state index contributed by atoms with van der Waals surface area (Å²) >= 11 is 0. The molecular weight excluding hydrogens is 655 g/mol. The van der Waals surface area contributed by atoms with E-state index in [2.05, 4.69) is 53.1 Å². The van der Waals surface area contributed by atoms with Gasteiger partial charge in [0.1, 0.15) is 6.10 Å². The molecule has 2 unspecified atom stereocenters. The Bertz CT molecular complexity index is 1430. The fraction of sp³-hybridized carbons (Fsp3) is 0.529. The van der Waals surface area contributed by atoms with Crippen LogP contribution < -0.4 is 20.9 Å². The van der Waals surface area contributed by atoms with Gasteiger partial charge in [-0.05, 0) is 67.9 Å². The molecule has 0 bridgehead atoms. The van der Waals surface area contributed by atoms with Crippen LogP contribution in [-0.2, 0) is 32.9 Å². The molecule has 49 heavy (non-hydrogen) atoms. The average Bonchev–Trinajstić information content (AvgIpc) is 2.99. The van der Waals surface area contributed by atoms with Crippen LogP contribution >= 0.6 is 7.82 Å². The zero-order valence-corrected chi connectivity index (χ0v) is 30.2. The van der Waals surface area contributed by atoms with Gasteiger partial charge in [-0.15, -0.1) is 0 Å². The zero-order valence-electron chi connectivity index (χ0n) is 29.4. The number of carbonyl (C=O) groups is 4. The number of benzene rings is 2. The van der Waals surface area contributed by atoms with Crippen molar-refractivity contribution in [3.63, 3.8) is 0 Å². The number of phosphoric ester groups is 1. The third-order valence-corrected chi connectivity index (χ3v) is 7.79. The maximum absolute atomic E-state index is 13.2. The number of amides is 3. The Balaban J connectivity index is 2.07. The van der Waals surface area contributed by atoms with E-state index in [4.69, 9.17) is 19.3 Å². The van der Waals surface area contributed by atoms with E-state index in [-0.39, 0.29) is 25.3 Å². The molecule has 2 atom stereocenters. The SMILES string of the molecule is CCC(CC(=O)OCOC(=O)CCNC(=O)C(C)OP(=O)(O)O)c1ccc(N(CC(C)C)CC(C)C)c(NC(=O)Nc2ccc(C)cc2)c1. The van der Waals surface area contributed by atoms with Gasteiger partial charge in [-0.3, -0.25) is 18.9 Å². The first-order valence-electron chi connectivity index (χ1n) is 16.3. The highest BCUT2D eigenvalue weighted by atomic mass is 31.2. The highest BCUT2D eigenvalue weighted by molar-refractivity contribution is 7.46. The van der Waals surface area contributed by atoms with Gasteiger partial charge in [0.05, 0.1) is 24.2 Å². The molecule has 0 saturated heterocycles. The summed E-state index contributed by atoms with van der Waals surface area (Å²) in [6, 6.07) is 12.9. The first kappa shape index (κ1) is 41.2. The molecule has 0 saturated carbocycles. The molecule has 0 aliphatic heterocycles. The van der Waals surface area contributed by atoms with E-state index in [1.807, 2.05) is 56.3 Å². The largest absolute Gasteiger partial charge is 0.470 e. The lowest BCUT2D eigenvalue weighted by Crippen LogP contribution is -2.35. The number of anilines is 3. The van der Waals surface area contributed by atoms with Crippen molar-refractivity contribution in [2.45, 2.75) is 79.8 Å². The van der Waals surface area contributed by atoms with Crippen LogP contribution in [0.25, 0.3) is 0 Å². The van der Waals surface area contributed by atoms with E-state index in [9.17, 15) is 23.7 Å². The van der Waals surface area contributed by atoms with Crippen molar-refractivity contribution in [1.29, 1.82) is 0 Å². The first-order valence-corrected chi connectivity index (χ1v) is 17.9. The van der Waals surface area contributed by atoms with E-state index >= 15 is 0 Å². The minimum absolute atomic E-state index is 0.00236. The summed E-state index contributed by atoms with van der Waals surface area (Å²) in [4.78, 5) is 69.5. The molecule has 14 nitrogen and oxygen atoms in total. The van der Waals surface area contributed by atoms with Crippen molar-refractivity contribution < 1.29 is 47.5 Å². The number of nitrogens with one attached hydrogen (secondary N) is 3. The zero-order chi connectivity index (χ0) is 36.7. The van der Waals surface area contributed by atoms with Crippen molar-refractivity contribution in [2.75, 3.05) is 42.0 Å². The number of carbonyl (C=O) groups excluding carboxylic acids is 4. The predicted molar refractivity (Wildman–Crippen MR) is 187 cm³/mol. The van der Waals surface area contributed by atoms with E-state index in [1.54, 1.807) is 0 Å². The molecular formula is C34H51N4O10P. The van der Waals surface area contributed by atoms with Gasteiger partial charge in [0.15, 0.2) is 0 Å². The summed E-state index contributed by atoms with van der Waals surface area (Å²) in [6.07, 6.45) is -1.11. The molecule has 2 aromatic carbocycles. The molecule has 5 N–H and O–H groups in total. The minimum Gasteiger partial charge on any atom is -0.428 e. The Morgan fingerprint density at radius 3 is 2.06 bits per heavy atom. The summed E-state index contributed by atoms with van der Waals surface area (Å²) < 4.78 is 25.2. The first-order chi connectivity index (χ1) is 23.0. The van der Waals surface area contributed by atoms with Crippen LogP contribution in [0.1, 0.15) is 77.8 Å². The van der Waals surface area contributed by atoms with E-state index in [0.29, 0.717) is 29.6 Å². The third kappa shape index (κ3) is 15.9. The Morgan fingerprint density at radius 1 is 0.878 bits per heavy atom. The van der Waals surface area contributed by atoms with Crippen LogP contribution in [0.5, 0.6) is 0 Å². The topological polar surface area (TPSA) is 193 Å². The van der Waals surface area contributed by atoms with Gasteiger partial charge in [-0.2, -0.15) is 0 Å². The fourth-order valence-electron chi connectivity index (χ4n) is 4.93. The molecule has 3 amide bonds.